The summed E-state index contributed by atoms with van der Waals surface area (Å²) < 4.78 is 12.3. The van der Waals surface area contributed by atoms with E-state index in [0.29, 0.717) is 51.6 Å². The van der Waals surface area contributed by atoms with Gasteiger partial charge in [0.2, 0.25) is 0 Å². The van der Waals surface area contributed by atoms with Crippen LogP contribution in [0.25, 0.3) is 6.08 Å². The molecule has 2 amide bonds. The Labute approximate surface area is 232 Å². The molecule has 1 heterocycles. The van der Waals surface area contributed by atoms with Gasteiger partial charge in [-0.05, 0) is 66.4 Å². The van der Waals surface area contributed by atoms with E-state index in [1.165, 1.54) is 17.0 Å². The molecule has 10 heteroatoms. The van der Waals surface area contributed by atoms with Crippen molar-refractivity contribution in [1.29, 1.82) is 0 Å². The van der Waals surface area contributed by atoms with Crippen molar-refractivity contribution in [2.45, 2.75) is 26.4 Å². The Morgan fingerprint density at radius 1 is 1.00 bits per heavy atom. The van der Waals surface area contributed by atoms with Crippen molar-refractivity contribution >= 4 is 50.6 Å². The van der Waals surface area contributed by atoms with Crippen molar-refractivity contribution in [1.82, 2.24) is 4.90 Å². The number of nitro groups is 1. The number of imide groups is 1. The van der Waals surface area contributed by atoms with Gasteiger partial charge in [0, 0.05) is 23.2 Å². The third kappa shape index (κ3) is 6.81. The second-order valence-electron chi connectivity index (χ2n) is 8.39. The van der Waals surface area contributed by atoms with E-state index in [-0.39, 0.29) is 23.4 Å². The summed E-state index contributed by atoms with van der Waals surface area (Å²) in [5.74, 6) is 0.579. The van der Waals surface area contributed by atoms with Gasteiger partial charge in [-0.2, -0.15) is 0 Å². The first-order valence-electron chi connectivity index (χ1n) is 12.0. The summed E-state index contributed by atoms with van der Waals surface area (Å²) in [5.41, 5.74) is 2.45. The van der Waals surface area contributed by atoms with Gasteiger partial charge in [-0.3, -0.25) is 24.6 Å². The fourth-order valence-electron chi connectivity index (χ4n) is 3.88. The maximum Gasteiger partial charge on any atom is 0.293 e. The molecule has 1 fully saturated rings. The second-order valence-corrected chi connectivity index (χ2v) is 10.2. The number of aryl methyl sites for hydroxylation is 1. The Bertz CT molecular complexity index is 1380. The molecule has 0 aliphatic carbocycles. The number of hydrogen-bond acceptors (Lipinski definition) is 7. The highest BCUT2D eigenvalue weighted by molar-refractivity contribution is 9.10. The van der Waals surface area contributed by atoms with Crippen LogP contribution < -0.4 is 9.47 Å². The molecule has 1 aliphatic heterocycles. The minimum Gasteiger partial charge on any atom is -0.490 e. The van der Waals surface area contributed by atoms with Crippen molar-refractivity contribution in [3.8, 4) is 11.5 Å². The summed E-state index contributed by atoms with van der Waals surface area (Å²) in [4.78, 5) is 37.8. The van der Waals surface area contributed by atoms with Gasteiger partial charge in [-0.1, -0.05) is 58.4 Å². The fraction of sp³-hybridized carbons (Fsp3) is 0.214. The summed E-state index contributed by atoms with van der Waals surface area (Å²) in [5, 5.41) is 10.8. The average Bonchev–Trinajstić information content (AvgIpc) is 3.17. The molecule has 3 aromatic rings. The summed E-state index contributed by atoms with van der Waals surface area (Å²) in [6, 6.07) is 19.6. The Kier molecular flexibility index (Phi) is 9.19. The van der Waals surface area contributed by atoms with E-state index in [0.717, 1.165) is 23.7 Å². The average molecular weight is 597 g/mol. The minimum absolute atomic E-state index is 0.0123. The van der Waals surface area contributed by atoms with Gasteiger partial charge in [-0.15, -0.1) is 0 Å². The molecule has 0 atom stereocenters. The van der Waals surface area contributed by atoms with Crippen molar-refractivity contribution in [3.63, 3.8) is 0 Å². The fourth-order valence-corrected chi connectivity index (χ4v) is 5.18. The molecule has 196 valence electrons. The van der Waals surface area contributed by atoms with Crippen molar-refractivity contribution in [2.75, 3.05) is 13.2 Å². The van der Waals surface area contributed by atoms with Gasteiger partial charge < -0.3 is 9.47 Å². The molecule has 38 heavy (non-hydrogen) atoms. The number of carbonyl (C=O) groups excluding carboxylic acids is 2. The minimum atomic E-state index is -0.453. The lowest BCUT2D eigenvalue weighted by molar-refractivity contribution is -0.384. The van der Waals surface area contributed by atoms with Crippen LogP contribution in [0.3, 0.4) is 0 Å². The van der Waals surface area contributed by atoms with E-state index in [1.54, 1.807) is 30.3 Å². The molecule has 0 radical (unpaired) electrons. The van der Waals surface area contributed by atoms with Crippen LogP contribution in [0.15, 0.2) is 76.1 Å². The molecule has 0 spiro atoms. The van der Waals surface area contributed by atoms with Crippen LogP contribution in [0, 0.1) is 10.1 Å². The largest absolute Gasteiger partial charge is 0.490 e. The van der Waals surface area contributed by atoms with Crippen molar-refractivity contribution in [2.24, 2.45) is 0 Å². The number of nitrogens with zero attached hydrogens (tertiary/aromatic N) is 2. The predicted octanol–water partition coefficient (Wildman–Crippen LogP) is 7.00. The summed E-state index contributed by atoms with van der Waals surface area (Å²) in [6.07, 6.45) is 3.13. The molecule has 0 N–H and O–H groups in total. The van der Waals surface area contributed by atoms with Gasteiger partial charge in [0.15, 0.2) is 11.5 Å². The first kappa shape index (κ1) is 27.4. The van der Waals surface area contributed by atoms with Gasteiger partial charge in [0.05, 0.1) is 16.4 Å². The number of ether oxygens (including phenoxy) is 2. The predicted molar refractivity (Wildman–Crippen MR) is 150 cm³/mol. The molecule has 8 nitrogen and oxygen atoms in total. The van der Waals surface area contributed by atoms with Crippen LogP contribution in [-0.2, 0) is 17.8 Å². The molecule has 0 saturated carbocycles. The molecule has 0 bridgehead atoms. The SMILES string of the molecule is CCOc1cc(/C=C2/SC(=O)N(CCCc3ccccc3)C2=O)c(Br)cc1OCc1cccc([N+](=O)[O-])c1. The van der Waals surface area contributed by atoms with E-state index in [9.17, 15) is 19.7 Å². The van der Waals surface area contributed by atoms with Crippen molar-refractivity contribution < 1.29 is 24.0 Å². The van der Waals surface area contributed by atoms with E-state index >= 15 is 0 Å². The highest BCUT2D eigenvalue weighted by Gasteiger charge is 2.34. The van der Waals surface area contributed by atoms with Crippen LogP contribution in [0.4, 0.5) is 10.5 Å². The zero-order valence-corrected chi connectivity index (χ0v) is 23.0. The molecular formula is C28H25BrN2O6S. The summed E-state index contributed by atoms with van der Waals surface area (Å²) in [6.45, 7) is 2.68. The topological polar surface area (TPSA) is 99.0 Å². The first-order chi connectivity index (χ1) is 18.4. The molecular weight excluding hydrogens is 572 g/mol. The lowest BCUT2D eigenvalue weighted by Gasteiger charge is -2.14. The zero-order chi connectivity index (χ0) is 27.1. The number of amides is 2. The quantitative estimate of drug-likeness (QED) is 0.133. The maximum absolute atomic E-state index is 13.0. The molecule has 3 aromatic carbocycles. The van der Waals surface area contributed by atoms with E-state index in [2.05, 4.69) is 15.9 Å². The third-order valence-electron chi connectivity index (χ3n) is 5.73. The van der Waals surface area contributed by atoms with Crippen LogP contribution >= 0.6 is 27.7 Å². The number of nitro benzene ring substituents is 1. The Balaban J connectivity index is 1.47. The number of halogens is 1. The molecule has 1 saturated heterocycles. The van der Waals surface area contributed by atoms with Crippen LogP contribution in [-0.4, -0.2) is 34.1 Å². The van der Waals surface area contributed by atoms with E-state index < -0.39 is 4.92 Å². The number of benzene rings is 3. The number of carbonyl (C=O) groups is 2. The third-order valence-corrected chi connectivity index (χ3v) is 7.32. The molecule has 0 unspecified atom stereocenters. The van der Waals surface area contributed by atoms with Crippen LogP contribution in [0.2, 0.25) is 0 Å². The van der Waals surface area contributed by atoms with Gasteiger partial charge in [-0.25, -0.2) is 0 Å². The number of hydrogen-bond donors (Lipinski definition) is 0. The monoisotopic (exact) mass is 596 g/mol. The Morgan fingerprint density at radius 3 is 2.47 bits per heavy atom. The standard InChI is InChI=1S/C28H25BrN2O6S/c1-2-36-24-15-21(23(29)17-25(24)37-18-20-10-6-12-22(14-20)31(34)35)16-26-27(32)30(28(33)38-26)13-7-11-19-8-4-3-5-9-19/h3-6,8-10,12,14-17H,2,7,11,13,18H2,1H3/b26-16+. The lowest BCUT2D eigenvalue weighted by atomic mass is 10.1. The second kappa shape index (κ2) is 12.7. The molecule has 4 rings (SSSR count). The van der Waals surface area contributed by atoms with Crippen LogP contribution in [0.1, 0.15) is 30.0 Å². The Morgan fingerprint density at radius 2 is 1.74 bits per heavy atom. The zero-order valence-electron chi connectivity index (χ0n) is 20.6. The molecule has 1 aliphatic rings. The summed E-state index contributed by atoms with van der Waals surface area (Å²) in [7, 11) is 0. The van der Waals surface area contributed by atoms with Gasteiger partial charge in [0.25, 0.3) is 16.8 Å². The Hall–Kier alpha value is -3.63. The number of rotatable bonds is 11. The lowest BCUT2D eigenvalue weighted by Crippen LogP contribution is -2.29. The highest BCUT2D eigenvalue weighted by Crippen LogP contribution is 2.38. The van der Waals surface area contributed by atoms with E-state index in [1.807, 2.05) is 37.3 Å². The summed E-state index contributed by atoms with van der Waals surface area (Å²) >= 11 is 4.44. The smallest absolute Gasteiger partial charge is 0.293 e. The number of thioether (sulfide) groups is 1. The van der Waals surface area contributed by atoms with Crippen LogP contribution in [0.5, 0.6) is 11.5 Å². The van der Waals surface area contributed by atoms with E-state index in [4.69, 9.17) is 9.47 Å². The van der Waals surface area contributed by atoms with Gasteiger partial charge >= 0.3 is 0 Å². The maximum atomic E-state index is 13.0. The number of non-ortho nitro benzene ring substituents is 1. The highest BCUT2D eigenvalue weighted by atomic mass is 79.9. The van der Waals surface area contributed by atoms with Gasteiger partial charge in [0.1, 0.15) is 6.61 Å². The normalized spacial score (nSPS) is 14.3. The van der Waals surface area contributed by atoms with Crippen molar-refractivity contribution in [3.05, 3.63) is 103 Å². The first-order valence-corrected chi connectivity index (χ1v) is 13.6. The molecule has 0 aromatic heterocycles.